The fraction of sp³-hybridized carbons (Fsp3) is 0.385. The highest BCUT2D eigenvalue weighted by molar-refractivity contribution is 6.08. The van der Waals surface area contributed by atoms with Crippen molar-refractivity contribution in [1.29, 1.82) is 5.26 Å². The Morgan fingerprint density at radius 2 is 1.84 bits per heavy atom. The van der Waals surface area contributed by atoms with Crippen molar-refractivity contribution in [2.75, 3.05) is 33.3 Å². The highest BCUT2D eigenvalue weighted by Crippen LogP contribution is 2.31. The van der Waals surface area contributed by atoms with Crippen molar-refractivity contribution in [1.82, 2.24) is 14.4 Å². The molecule has 0 aliphatic carbocycles. The van der Waals surface area contributed by atoms with Crippen molar-refractivity contribution in [3.63, 3.8) is 0 Å². The average Bonchev–Trinajstić information content (AvgIpc) is 3.11. The number of ether oxygens (including phenoxy) is 1. The van der Waals surface area contributed by atoms with E-state index in [1.54, 1.807) is 7.11 Å². The first-order valence-corrected chi connectivity index (χ1v) is 11.2. The van der Waals surface area contributed by atoms with Crippen molar-refractivity contribution in [2.45, 2.75) is 32.9 Å². The Hall–Kier alpha value is -3.30. The predicted octanol–water partition coefficient (Wildman–Crippen LogP) is 4.39. The number of hydrogen-bond donors (Lipinski definition) is 0. The van der Waals surface area contributed by atoms with Gasteiger partial charge in [0.15, 0.2) is 0 Å². The molecular formula is C26H30N4O2. The normalized spacial score (nSPS) is 15.5. The van der Waals surface area contributed by atoms with Crippen molar-refractivity contribution >= 4 is 16.8 Å². The second kappa shape index (κ2) is 9.46. The molecule has 1 aliphatic rings. The van der Waals surface area contributed by atoms with Crippen LogP contribution < -0.4 is 4.74 Å². The summed E-state index contributed by atoms with van der Waals surface area (Å²) in [7, 11) is 1.65. The van der Waals surface area contributed by atoms with Gasteiger partial charge in [0.05, 0.1) is 18.7 Å². The van der Waals surface area contributed by atoms with Crippen LogP contribution in [0.2, 0.25) is 0 Å². The van der Waals surface area contributed by atoms with Crippen molar-refractivity contribution in [3.05, 3.63) is 65.4 Å². The smallest absolute Gasteiger partial charge is 0.256 e. The fourth-order valence-corrected chi connectivity index (χ4v) is 4.71. The van der Waals surface area contributed by atoms with Crippen LogP contribution in [0.3, 0.4) is 0 Å². The zero-order chi connectivity index (χ0) is 22.7. The number of rotatable bonds is 6. The lowest BCUT2D eigenvalue weighted by molar-refractivity contribution is 0.0607. The maximum Gasteiger partial charge on any atom is 0.256 e. The Kier molecular flexibility index (Phi) is 6.48. The molecule has 1 fully saturated rings. The summed E-state index contributed by atoms with van der Waals surface area (Å²) in [5.74, 6) is 0.813. The van der Waals surface area contributed by atoms with E-state index in [0.29, 0.717) is 26.2 Å². The Labute approximate surface area is 189 Å². The molecule has 0 spiro atoms. The van der Waals surface area contributed by atoms with Crippen LogP contribution >= 0.6 is 0 Å². The summed E-state index contributed by atoms with van der Waals surface area (Å²) in [5, 5.41) is 10.7. The highest BCUT2D eigenvalue weighted by Gasteiger charge is 2.30. The van der Waals surface area contributed by atoms with Crippen LogP contribution in [-0.4, -0.2) is 53.6 Å². The minimum absolute atomic E-state index is 0.0588. The monoisotopic (exact) mass is 430 g/mol. The van der Waals surface area contributed by atoms with Crippen LogP contribution in [0.15, 0.2) is 48.5 Å². The molecule has 1 atom stereocenters. The first kappa shape index (κ1) is 21.9. The molecule has 2 aromatic carbocycles. The SMILES string of the molecule is CCCn1c(C)c(C(=O)N2CCN(C(C#N)c3ccccc3)CC2)c2cc(OC)ccc21. The van der Waals surface area contributed by atoms with Gasteiger partial charge in [0, 0.05) is 49.3 Å². The molecule has 4 rings (SSSR count). The zero-order valence-corrected chi connectivity index (χ0v) is 19.0. The number of benzene rings is 2. The zero-order valence-electron chi connectivity index (χ0n) is 19.0. The van der Waals surface area contributed by atoms with E-state index in [9.17, 15) is 10.1 Å². The first-order valence-electron chi connectivity index (χ1n) is 11.2. The third-order valence-electron chi connectivity index (χ3n) is 6.40. The molecule has 6 heteroatoms. The number of nitrogens with zero attached hydrogens (tertiary/aromatic N) is 4. The number of methoxy groups -OCH3 is 1. The molecule has 3 aromatic rings. The van der Waals surface area contributed by atoms with Gasteiger partial charge in [0.1, 0.15) is 11.8 Å². The number of nitriles is 1. The molecule has 166 valence electrons. The van der Waals surface area contributed by atoms with Crippen LogP contribution in [0.4, 0.5) is 0 Å². The Balaban J connectivity index is 1.58. The summed E-state index contributed by atoms with van der Waals surface area (Å²) in [6.45, 7) is 7.61. The number of aryl methyl sites for hydroxylation is 1. The van der Waals surface area contributed by atoms with Crippen LogP contribution in [0.5, 0.6) is 5.75 Å². The van der Waals surface area contributed by atoms with E-state index < -0.39 is 0 Å². The van der Waals surface area contributed by atoms with E-state index in [1.807, 2.05) is 60.4 Å². The van der Waals surface area contributed by atoms with Crippen LogP contribution in [0, 0.1) is 18.3 Å². The quantitative estimate of drug-likeness (QED) is 0.582. The Morgan fingerprint density at radius 3 is 2.47 bits per heavy atom. The van der Waals surface area contributed by atoms with Gasteiger partial charge in [0.2, 0.25) is 0 Å². The molecule has 1 unspecified atom stereocenters. The molecule has 0 bridgehead atoms. The molecule has 1 aliphatic heterocycles. The van der Waals surface area contributed by atoms with Crippen molar-refractivity contribution in [2.24, 2.45) is 0 Å². The molecule has 32 heavy (non-hydrogen) atoms. The van der Waals surface area contributed by atoms with E-state index in [-0.39, 0.29) is 11.9 Å². The van der Waals surface area contributed by atoms with Gasteiger partial charge in [0.25, 0.3) is 5.91 Å². The average molecular weight is 431 g/mol. The van der Waals surface area contributed by atoms with Gasteiger partial charge in [-0.05, 0) is 37.1 Å². The van der Waals surface area contributed by atoms with Gasteiger partial charge >= 0.3 is 0 Å². The molecule has 2 heterocycles. The molecule has 0 saturated carbocycles. The van der Waals surface area contributed by atoms with Crippen molar-refractivity contribution < 1.29 is 9.53 Å². The van der Waals surface area contributed by atoms with E-state index >= 15 is 0 Å². The first-order chi connectivity index (χ1) is 15.6. The summed E-state index contributed by atoms with van der Waals surface area (Å²) < 4.78 is 7.67. The topological polar surface area (TPSA) is 61.5 Å². The number of piperazine rings is 1. The number of carbonyl (C=O) groups is 1. The number of fused-ring (bicyclic) bond motifs is 1. The van der Waals surface area contributed by atoms with Gasteiger partial charge in [-0.15, -0.1) is 0 Å². The summed E-state index contributed by atoms with van der Waals surface area (Å²) in [5.41, 5.74) is 3.84. The molecule has 6 nitrogen and oxygen atoms in total. The summed E-state index contributed by atoms with van der Waals surface area (Å²) in [6, 6.07) is 18.0. The van der Waals surface area contributed by atoms with Gasteiger partial charge in [-0.1, -0.05) is 37.3 Å². The van der Waals surface area contributed by atoms with Gasteiger partial charge in [-0.3, -0.25) is 9.69 Å². The lowest BCUT2D eigenvalue weighted by atomic mass is 10.1. The predicted molar refractivity (Wildman–Crippen MR) is 126 cm³/mol. The Bertz CT molecular complexity index is 1140. The third kappa shape index (κ3) is 3.96. The molecule has 0 radical (unpaired) electrons. The second-order valence-electron chi connectivity index (χ2n) is 8.27. The van der Waals surface area contributed by atoms with E-state index in [1.165, 1.54) is 0 Å². The van der Waals surface area contributed by atoms with E-state index in [4.69, 9.17) is 4.74 Å². The summed E-state index contributed by atoms with van der Waals surface area (Å²) >= 11 is 0. The van der Waals surface area contributed by atoms with Crippen LogP contribution in [0.25, 0.3) is 10.9 Å². The fourth-order valence-electron chi connectivity index (χ4n) is 4.71. The number of hydrogen-bond acceptors (Lipinski definition) is 4. The minimum Gasteiger partial charge on any atom is -0.497 e. The third-order valence-corrected chi connectivity index (χ3v) is 6.40. The number of carbonyl (C=O) groups excluding carboxylic acids is 1. The summed E-state index contributed by atoms with van der Waals surface area (Å²) in [4.78, 5) is 17.7. The van der Waals surface area contributed by atoms with E-state index in [2.05, 4.69) is 22.5 Å². The molecule has 1 saturated heterocycles. The Morgan fingerprint density at radius 1 is 1.12 bits per heavy atom. The minimum atomic E-state index is -0.286. The second-order valence-corrected chi connectivity index (χ2v) is 8.27. The largest absolute Gasteiger partial charge is 0.497 e. The molecule has 1 aromatic heterocycles. The summed E-state index contributed by atoms with van der Waals surface area (Å²) in [6.07, 6.45) is 0.998. The molecule has 1 amide bonds. The van der Waals surface area contributed by atoms with E-state index in [0.717, 1.165) is 46.4 Å². The highest BCUT2D eigenvalue weighted by atomic mass is 16.5. The maximum atomic E-state index is 13.7. The van der Waals surface area contributed by atoms with Gasteiger partial charge < -0.3 is 14.2 Å². The molecular weight excluding hydrogens is 400 g/mol. The van der Waals surface area contributed by atoms with Crippen molar-refractivity contribution in [3.8, 4) is 11.8 Å². The molecule has 0 N–H and O–H groups in total. The lowest BCUT2D eigenvalue weighted by Crippen LogP contribution is -2.49. The number of aromatic nitrogens is 1. The van der Waals surface area contributed by atoms with Gasteiger partial charge in [-0.2, -0.15) is 5.26 Å². The maximum absolute atomic E-state index is 13.7. The standard InChI is InChI=1S/C26H30N4O2/c1-4-12-30-19(2)25(22-17-21(32-3)10-11-23(22)30)26(31)29-15-13-28(14-16-29)24(18-27)20-8-6-5-7-9-20/h5-11,17,24H,4,12-16H2,1-3H3. The number of amides is 1. The van der Waals surface area contributed by atoms with Crippen LogP contribution in [-0.2, 0) is 6.54 Å². The lowest BCUT2D eigenvalue weighted by Gasteiger charge is -2.37. The van der Waals surface area contributed by atoms with Crippen LogP contribution in [0.1, 0.15) is 41.0 Å². The van der Waals surface area contributed by atoms with Gasteiger partial charge in [-0.25, -0.2) is 0 Å².